The molecule has 2 heterocycles. The molecule has 2 aliphatic heterocycles. The van der Waals surface area contributed by atoms with Crippen LogP contribution in [0.1, 0.15) is 121 Å². The van der Waals surface area contributed by atoms with E-state index < -0.39 is 169 Å². The minimum atomic E-state index is -1.64. The number of unbranched alkanes of at least 4 members (excludes halogenated alkanes) is 1. The van der Waals surface area contributed by atoms with E-state index in [1.807, 2.05) is 20.1 Å². The van der Waals surface area contributed by atoms with E-state index in [-0.39, 0.29) is 83.0 Å². The summed E-state index contributed by atoms with van der Waals surface area (Å²) in [6.45, 7) is 3.86. The monoisotopic (exact) mass is 1350 g/mol. The van der Waals surface area contributed by atoms with Crippen molar-refractivity contribution >= 4 is 94.5 Å². The quantitative estimate of drug-likeness (QED) is 0.0173. The Hall–Kier alpha value is -8.91. The Balaban J connectivity index is 1.56. The van der Waals surface area contributed by atoms with Crippen LogP contribution in [0.5, 0.6) is 0 Å². The highest BCUT2D eigenvalue weighted by Gasteiger charge is 2.42. The third-order valence-electron chi connectivity index (χ3n) is 16.0. The molecule has 2 fully saturated rings. The lowest BCUT2D eigenvalue weighted by molar-refractivity contribution is -0.144. The van der Waals surface area contributed by atoms with Gasteiger partial charge in [-0.1, -0.05) is 74.5 Å². The van der Waals surface area contributed by atoms with Crippen molar-refractivity contribution in [3.63, 3.8) is 0 Å². The molecule has 2 aromatic rings. The number of carbonyl (C=O) groups is 13. The second-order valence-corrected chi connectivity index (χ2v) is 25.1. The first-order valence-corrected chi connectivity index (χ1v) is 33.6. The smallest absolute Gasteiger partial charge is 0.245 e. The number of amides is 13. The SMILES string of the molecule is CSCC[C@H](NC(=O)[C@H](CC(C)C)NC(=O)CNC(=O)C(Cc1ccccc1)NC(=O)[C@H](Cc1ccccc1)NC(=O)[C@H](CCC(N)=O)NC(=O)[C@H](CCC(N)=O)NC(=O)[C@@H]1CCCN1C(=O)[C@H](CCCCN)NC(=O)[C@@H]1CCCN1C(=O)[C@@H](N)CCCN=C(N)N)C(N)=O. The summed E-state index contributed by atoms with van der Waals surface area (Å²) in [6.07, 6.45) is 3.12. The number of likely N-dealkylation sites (tertiary alicyclic amines) is 2. The molecule has 4 rings (SSSR count). The lowest BCUT2D eigenvalue weighted by Gasteiger charge is -2.32. The number of carbonyl (C=O) groups excluding carboxylic acids is 13. The maximum absolute atomic E-state index is 14.7. The van der Waals surface area contributed by atoms with E-state index in [9.17, 15) is 62.3 Å². The van der Waals surface area contributed by atoms with E-state index in [4.69, 9.17) is 40.1 Å². The molecule has 0 saturated carbocycles. The molecule has 1 unspecified atom stereocenters. The molecular formula is C63H98N18O13S. The normalized spacial score (nSPS) is 16.8. The fourth-order valence-electron chi connectivity index (χ4n) is 11.0. The fourth-order valence-corrected chi connectivity index (χ4v) is 11.5. The van der Waals surface area contributed by atoms with Gasteiger partial charge in [0.15, 0.2) is 5.96 Å². The molecule has 2 aliphatic rings. The Morgan fingerprint density at radius 1 is 0.537 bits per heavy atom. The summed E-state index contributed by atoms with van der Waals surface area (Å²) in [6, 6.07) is 4.51. The number of nitrogens with zero attached hydrogens (tertiary/aromatic N) is 3. The standard InChI is InChI=1S/C63H98N18O13S/c1-37(2)33-45(57(89)74-41(53(68)85)27-32-95-3)73-52(84)36-72-54(86)46(34-38-15-6-4-7-16-38)78-58(90)47(35-39-17-8-5-9-18-39)79-56(88)42(23-25-50(66)82)75-55(87)43(24-26-51(67)83)76-59(91)49-22-14-31-81(49)62(94)44(20-10-11-28-64)77-60(92)48-21-13-30-80(48)61(93)40(65)19-12-29-71-63(69)70/h4-9,15-18,37,40-49H,10-14,19-36,64-65H2,1-3H3,(H2,66,82)(H2,67,83)(H2,68,85)(H,72,86)(H,73,84)(H,74,89)(H,75,87)(H,76,91)(H,77,92)(H,78,90)(H,79,88)(H4,69,70,71)/t40-,41-,42-,43-,44-,45-,46?,47-,48-,49-/m0/s1. The molecule has 10 atom stereocenters. The molecule has 0 aromatic heterocycles. The van der Waals surface area contributed by atoms with Crippen LogP contribution >= 0.6 is 11.8 Å². The molecule has 0 aliphatic carbocycles. The van der Waals surface area contributed by atoms with Crippen molar-refractivity contribution in [2.75, 3.05) is 44.7 Å². The molecule has 0 radical (unpaired) electrons. The van der Waals surface area contributed by atoms with Crippen molar-refractivity contribution in [2.24, 2.45) is 51.0 Å². The minimum Gasteiger partial charge on any atom is -0.370 e. The summed E-state index contributed by atoms with van der Waals surface area (Å²) in [4.78, 5) is 185. The lowest BCUT2D eigenvalue weighted by Crippen LogP contribution is -2.60. The molecular weight excluding hydrogens is 1250 g/mol. The number of rotatable bonds is 42. The largest absolute Gasteiger partial charge is 0.370 e. The highest BCUT2D eigenvalue weighted by molar-refractivity contribution is 7.98. The summed E-state index contributed by atoms with van der Waals surface area (Å²) in [7, 11) is 0. The van der Waals surface area contributed by atoms with Crippen LogP contribution in [-0.2, 0) is 75.2 Å². The van der Waals surface area contributed by atoms with Crippen molar-refractivity contribution < 1.29 is 62.3 Å². The van der Waals surface area contributed by atoms with Gasteiger partial charge in [-0.25, -0.2) is 0 Å². The molecule has 0 spiro atoms. The number of hydrogen-bond donors (Lipinski definition) is 15. The topological polar surface area (TPSA) is 519 Å². The number of aliphatic imine (C=N–C) groups is 1. The van der Waals surface area contributed by atoms with Gasteiger partial charge < -0.3 is 92.5 Å². The van der Waals surface area contributed by atoms with Gasteiger partial charge >= 0.3 is 0 Å². The van der Waals surface area contributed by atoms with E-state index >= 15 is 0 Å². The molecule has 524 valence electrons. The summed E-state index contributed by atoms with van der Waals surface area (Å²) >= 11 is 1.45. The van der Waals surface area contributed by atoms with Crippen molar-refractivity contribution in [3.05, 3.63) is 71.8 Å². The third-order valence-corrected chi connectivity index (χ3v) is 16.7. The van der Waals surface area contributed by atoms with Gasteiger partial charge in [0.1, 0.15) is 54.4 Å². The third kappa shape index (κ3) is 27.5. The highest BCUT2D eigenvalue weighted by Crippen LogP contribution is 2.24. The van der Waals surface area contributed by atoms with Crippen LogP contribution in [0.15, 0.2) is 65.7 Å². The number of primary amides is 3. The highest BCUT2D eigenvalue weighted by atomic mass is 32.2. The predicted octanol–water partition coefficient (Wildman–Crippen LogP) is -3.71. The van der Waals surface area contributed by atoms with Gasteiger partial charge in [0, 0.05) is 45.3 Å². The molecule has 0 bridgehead atoms. The van der Waals surface area contributed by atoms with Gasteiger partial charge in [-0.15, -0.1) is 0 Å². The van der Waals surface area contributed by atoms with Gasteiger partial charge in [0.25, 0.3) is 0 Å². The first-order valence-electron chi connectivity index (χ1n) is 32.2. The Morgan fingerprint density at radius 2 is 1.01 bits per heavy atom. The summed E-state index contributed by atoms with van der Waals surface area (Å²) in [5.74, 6) is -9.80. The maximum Gasteiger partial charge on any atom is 0.245 e. The van der Waals surface area contributed by atoms with Crippen molar-refractivity contribution in [3.8, 4) is 0 Å². The van der Waals surface area contributed by atoms with E-state index in [0.29, 0.717) is 55.4 Å². The second kappa shape index (κ2) is 41.0. The Morgan fingerprint density at radius 3 is 1.51 bits per heavy atom. The van der Waals surface area contributed by atoms with Gasteiger partial charge in [0.2, 0.25) is 76.8 Å². The van der Waals surface area contributed by atoms with Crippen LogP contribution in [-0.4, -0.2) is 198 Å². The van der Waals surface area contributed by atoms with E-state index in [0.717, 1.165) is 0 Å². The van der Waals surface area contributed by atoms with Crippen LogP contribution < -0.4 is 82.7 Å². The fraction of sp³-hybridized carbons (Fsp3) is 0.587. The number of nitrogens with one attached hydrogen (secondary N) is 8. The first kappa shape index (κ1) is 78.5. The number of thioether (sulfide) groups is 1. The maximum atomic E-state index is 14.7. The second-order valence-electron chi connectivity index (χ2n) is 24.1. The van der Waals surface area contributed by atoms with E-state index in [2.05, 4.69) is 47.5 Å². The van der Waals surface area contributed by atoms with Crippen LogP contribution in [0.2, 0.25) is 0 Å². The zero-order valence-electron chi connectivity index (χ0n) is 54.5. The first-order chi connectivity index (χ1) is 45.2. The molecule has 22 N–H and O–H groups in total. The van der Waals surface area contributed by atoms with Crippen LogP contribution in [0.4, 0.5) is 0 Å². The number of benzene rings is 2. The zero-order chi connectivity index (χ0) is 70.1. The van der Waals surface area contributed by atoms with E-state index in [1.54, 1.807) is 60.7 Å². The summed E-state index contributed by atoms with van der Waals surface area (Å²) < 4.78 is 0. The van der Waals surface area contributed by atoms with Gasteiger partial charge in [-0.05, 0) is 119 Å². The van der Waals surface area contributed by atoms with Crippen LogP contribution in [0.25, 0.3) is 0 Å². The van der Waals surface area contributed by atoms with Gasteiger partial charge in [-0.3, -0.25) is 67.3 Å². The predicted molar refractivity (Wildman–Crippen MR) is 356 cm³/mol. The Kier molecular flexibility index (Phi) is 33.9. The zero-order valence-corrected chi connectivity index (χ0v) is 55.3. The van der Waals surface area contributed by atoms with Crippen molar-refractivity contribution in [2.45, 2.75) is 183 Å². The van der Waals surface area contributed by atoms with Gasteiger partial charge in [0.05, 0.1) is 12.6 Å². The molecule has 95 heavy (non-hydrogen) atoms. The molecule has 2 saturated heterocycles. The van der Waals surface area contributed by atoms with Gasteiger partial charge in [-0.2, -0.15) is 11.8 Å². The van der Waals surface area contributed by atoms with Crippen LogP contribution in [0.3, 0.4) is 0 Å². The van der Waals surface area contributed by atoms with Crippen molar-refractivity contribution in [1.29, 1.82) is 0 Å². The average molecular weight is 1350 g/mol. The summed E-state index contributed by atoms with van der Waals surface area (Å²) in [5, 5.41) is 21.1. The van der Waals surface area contributed by atoms with Crippen molar-refractivity contribution in [1.82, 2.24) is 52.3 Å². The Bertz CT molecular complexity index is 2960. The summed E-state index contributed by atoms with van der Waals surface area (Å²) in [5.41, 5.74) is 40.6. The molecule has 13 amide bonds. The number of guanidine groups is 1. The van der Waals surface area contributed by atoms with Crippen LogP contribution in [0, 0.1) is 5.92 Å². The number of hydrogen-bond acceptors (Lipinski definition) is 17. The Labute approximate surface area is 558 Å². The lowest BCUT2D eigenvalue weighted by atomic mass is 10.0. The van der Waals surface area contributed by atoms with E-state index in [1.165, 1.54) is 21.6 Å². The number of nitrogens with two attached hydrogens (primary N) is 7. The average Bonchev–Trinajstić information content (AvgIpc) is 1.74. The molecule has 31 nitrogen and oxygen atoms in total. The minimum absolute atomic E-state index is 0.0736. The molecule has 2 aromatic carbocycles. The molecule has 32 heteroatoms.